The highest BCUT2D eigenvalue weighted by atomic mass is 32.2. The van der Waals surface area contributed by atoms with Crippen LogP contribution < -0.4 is 0 Å². The van der Waals surface area contributed by atoms with Gasteiger partial charge in [0, 0.05) is 13.7 Å². The van der Waals surface area contributed by atoms with Gasteiger partial charge >= 0.3 is 0 Å². The van der Waals surface area contributed by atoms with E-state index >= 15 is 0 Å². The predicted octanol–water partition coefficient (Wildman–Crippen LogP) is 2.05. The smallest absolute Gasteiger partial charge is 0.245 e. The summed E-state index contributed by atoms with van der Waals surface area (Å²) in [7, 11) is -2.32. The summed E-state index contributed by atoms with van der Waals surface area (Å²) in [5.74, 6) is 0. The largest absolute Gasteiger partial charge is 0.391 e. The number of hydrogen-bond acceptors (Lipinski definition) is 6. The lowest BCUT2D eigenvalue weighted by Gasteiger charge is -2.41. The van der Waals surface area contributed by atoms with Gasteiger partial charge in [-0.15, -0.1) is 0 Å². The van der Waals surface area contributed by atoms with Gasteiger partial charge in [-0.3, -0.25) is 0 Å². The van der Waals surface area contributed by atoms with E-state index in [-0.39, 0.29) is 18.3 Å². The van der Waals surface area contributed by atoms with Gasteiger partial charge in [0.05, 0.1) is 23.6 Å². The Bertz CT molecular complexity index is 703. The Morgan fingerprint density at radius 2 is 1.96 bits per heavy atom. The third-order valence-corrected chi connectivity index (χ3v) is 6.29. The number of rotatable bonds is 9. The number of methoxy groups -OCH3 is 1. The van der Waals surface area contributed by atoms with Crippen LogP contribution in [0.2, 0.25) is 0 Å². The summed E-state index contributed by atoms with van der Waals surface area (Å²) in [6.07, 6.45) is 2.80. The van der Waals surface area contributed by atoms with E-state index < -0.39 is 28.4 Å². The molecule has 1 fully saturated rings. The minimum absolute atomic E-state index is 0.143. The molecule has 0 unspecified atom stereocenters. The number of aryl methyl sites for hydroxylation is 1. The molecule has 0 spiro atoms. The number of ether oxygens (including phenoxy) is 3. The van der Waals surface area contributed by atoms with E-state index in [4.69, 9.17) is 14.2 Å². The summed E-state index contributed by atoms with van der Waals surface area (Å²) in [6.45, 7) is 4.51. The molecular weight excluding hydrogens is 370 g/mol. The molecule has 1 aliphatic rings. The van der Waals surface area contributed by atoms with E-state index in [1.807, 2.05) is 13.8 Å². The SMILES string of the molecule is CCO[C@H]1CC[C@@H](O)[C@H](/C=C\COCOC)N1S(=O)(=O)c1ccc(C)cc1. The number of sulfonamides is 1. The van der Waals surface area contributed by atoms with Crippen molar-refractivity contribution < 1.29 is 27.7 Å². The Morgan fingerprint density at radius 3 is 2.59 bits per heavy atom. The Kier molecular flexibility index (Phi) is 8.40. The molecule has 0 radical (unpaired) electrons. The maximum absolute atomic E-state index is 13.3. The highest BCUT2D eigenvalue weighted by molar-refractivity contribution is 7.89. The second-order valence-electron chi connectivity index (χ2n) is 6.40. The number of benzene rings is 1. The van der Waals surface area contributed by atoms with Gasteiger partial charge in [0.25, 0.3) is 0 Å². The summed E-state index contributed by atoms with van der Waals surface area (Å²) in [5.41, 5.74) is 0.973. The number of aliphatic hydroxyl groups excluding tert-OH is 1. The second-order valence-corrected chi connectivity index (χ2v) is 8.24. The van der Waals surface area contributed by atoms with Crippen molar-refractivity contribution in [2.45, 2.75) is 50.0 Å². The zero-order valence-corrected chi connectivity index (χ0v) is 16.9. The molecule has 1 aliphatic heterocycles. The van der Waals surface area contributed by atoms with Crippen LogP contribution in [0, 0.1) is 6.92 Å². The van der Waals surface area contributed by atoms with Crippen molar-refractivity contribution in [3.05, 3.63) is 42.0 Å². The molecular formula is C19H29NO6S. The van der Waals surface area contributed by atoms with Gasteiger partial charge in [-0.1, -0.05) is 29.8 Å². The summed E-state index contributed by atoms with van der Waals surface area (Å²) >= 11 is 0. The van der Waals surface area contributed by atoms with Gasteiger partial charge in [-0.05, 0) is 38.8 Å². The maximum Gasteiger partial charge on any atom is 0.245 e. The summed E-state index contributed by atoms with van der Waals surface area (Å²) in [4.78, 5) is 0.181. The van der Waals surface area contributed by atoms with Crippen molar-refractivity contribution in [2.24, 2.45) is 0 Å². The fourth-order valence-corrected chi connectivity index (χ4v) is 4.81. The van der Waals surface area contributed by atoms with E-state index in [0.717, 1.165) is 5.56 Å². The van der Waals surface area contributed by atoms with Gasteiger partial charge in [-0.2, -0.15) is 4.31 Å². The van der Waals surface area contributed by atoms with Crippen molar-refractivity contribution in [1.29, 1.82) is 0 Å². The Morgan fingerprint density at radius 1 is 1.26 bits per heavy atom. The molecule has 0 aromatic heterocycles. The Labute approximate surface area is 161 Å². The van der Waals surface area contributed by atoms with Crippen LogP contribution in [0.4, 0.5) is 0 Å². The van der Waals surface area contributed by atoms with Crippen LogP contribution in [0.15, 0.2) is 41.3 Å². The van der Waals surface area contributed by atoms with Gasteiger partial charge in [0.1, 0.15) is 13.0 Å². The zero-order valence-electron chi connectivity index (χ0n) is 16.1. The molecule has 1 aromatic carbocycles. The van der Waals surface area contributed by atoms with E-state index in [2.05, 4.69) is 0 Å². The molecule has 152 valence electrons. The van der Waals surface area contributed by atoms with Gasteiger partial charge < -0.3 is 19.3 Å². The molecule has 3 atom stereocenters. The molecule has 1 aromatic rings. The molecule has 1 saturated heterocycles. The van der Waals surface area contributed by atoms with E-state index in [0.29, 0.717) is 19.4 Å². The maximum atomic E-state index is 13.3. The monoisotopic (exact) mass is 399 g/mol. The molecule has 8 heteroatoms. The lowest BCUT2D eigenvalue weighted by Crippen LogP contribution is -2.55. The third kappa shape index (κ3) is 5.60. The van der Waals surface area contributed by atoms with Crippen LogP contribution in [0.5, 0.6) is 0 Å². The van der Waals surface area contributed by atoms with E-state index in [1.54, 1.807) is 36.4 Å². The molecule has 1 N–H and O–H groups in total. The third-order valence-electron chi connectivity index (χ3n) is 4.39. The van der Waals surface area contributed by atoms with Crippen LogP contribution >= 0.6 is 0 Å². The van der Waals surface area contributed by atoms with Crippen molar-refractivity contribution in [3.63, 3.8) is 0 Å². The van der Waals surface area contributed by atoms with E-state index in [9.17, 15) is 13.5 Å². The van der Waals surface area contributed by atoms with Crippen molar-refractivity contribution in [1.82, 2.24) is 4.31 Å². The number of nitrogens with zero attached hydrogens (tertiary/aromatic N) is 1. The molecule has 0 amide bonds. The van der Waals surface area contributed by atoms with Crippen LogP contribution in [0.3, 0.4) is 0 Å². The minimum Gasteiger partial charge on any atom is -0.391 e. The minimum atomic E-state index is -3.85. The normalized spacial score (nSPS) is 24.5. The summed E-state index contributed by atoms with van der Waals surface area (Å²) in [5, 5.41) is 10.5. The predicted molar refractivity (Wildman–Crippen MR) is 102 cm³/mol. The average Bonchev–Trinajstić information content (AvgIpc) is 2.64. The first-order valence-electron chi connectivity index (χ1n) is 9.05. The molecule has 7 nitrogen and oxygen atoms in total. The molecule has 0 saturated carbocycles. The Balaban J connectivity index is 2.34. The first kappa shape index (κ1) is 22.0. The standard InChI is InChI=1S/C19H29NO6S/c1-4-26-19-12-11-18(21)17(6-5-13-25-14-24-3)20(19)27(22,23)16-9-7-15(2)8-10-16/h5-10,17-19,21H,4,11-14H2,1-3H3/b6-5-/t17-,18+,19-/m0/s1. The summed E-state index contributed by atoms with van der Waals surface area (Å²) in [6, 6.07) is 5.94. The Hall–Kier alpha value is -1.29. The highest BCUT2D eigenvalue weighted by Crippen LogP contribution is 2.31. The quantitative estimate of drug-likeness (QED) is 0.389. The number of piperidine rings is 1. The number of hydrogen-bond donors (Lipinski definition) is 1. The molecule has 0 bridgehead atoms. The van der Waals surface area contributed by atoms with Crippen LogP contribution in [-0.2, 0) is 24.2 Å². The van der Waals surface area contributed by atoms with Gasteiger partial charge in [0.2, 0.25) is 10.0 Å². The molecule has 2 rings (SSSR count). The summed E-state index contributed by atoms with van der Waals surface area (Å²) < 4.78 is 43.7. The lowest BCUT2D eigenvalue weighted by molar-refractivity contribution is -0.0803. The first-order chi connectivity index (χ1) is 12.9. The average molecular weight is 400 g/mol. The van der Waals surface area contributed by atoms with Crippen molar-refractivity contribution >= 4 is 10.0 Å². The van der Waals surface area contributed by atoms with Crippen molar-refractivity contribution in [2.75, 3.05) is 27.1 Å². The molecule has 27 heavy (non-hydrogen) atoms. The van der Waals surface area contributed by atoms with Crippen molar-refractivity contribution in [3.8, 4) is 0 Å². The van der Waals surface area contributed by atoms with Gasteiger partial charge in [-0.25, -0.2) is 8.42 Å². The second kappa shape index (κ2) is 10.3. The highest BCUT2D eigenvalue weighted by Gasteiger charge is 2.43. The van der Waals surface area contributed by atoms with Crippen LogP contribution in [0.1, 0.15) is 25.3 Å². The zero-order chi connectivity index (χ0) is 19.9. The van der Waals surface area contributed by atoms with Crippen LogP contribution in [-0.4, -0.2) is 63.3 Å². The lowest BCUT2D eigenvalue weighted by atomic mass is 9.99. The first-order valence-corrected chi connectivity index (χ1v) is 10.5. The van der Waals surface area contributed by atoms with Gasteiger partial charge in [0.15, 0.2) is 0 Å². The van der Waals surface area contributed by atoms with E-state index in [1.165, 1.54) is 11.4 Å². The molecule has 0 aliphatic carbocycles. The fraction of sp³-hybridized carbons (Fsp3) is 0.579. The topological polar surface area (TPSA) is 85.3 Å². The van der Waals surface area contributed by atoms with Crippen LogP contribution in [0.25, 0.3) is 0 Å². The molecule has 1 heterocycles. The number of aliphatic hydroxyl groups is 1. The fourth-order valence-electron chi connectivity index (χ4n) is 3.08.